The van der Waals surface area contributed by atoms with Crippen molar-refractivity contribution in [3.8, 4) is 5.88 Å². The number of aromatic nitrogens is 6. The van der Waals surface area contributed by atoms with Gasteiger partial charge in [0.15, 0.2) is 11.5 Å². The molecule has 0 fully saturated rings. The number of thiophene rings is 1. The van der Waals surface area contributed by atoms with E-state index < -0.39 is 4.92 Å². The Kier molecular flexibility index (Phi) is 4.19. The van der Waals surface area contributed by atoms with Gasteiger partial charge in [-0.2, -0.15) is 0 Å². The molecule has 5 rings (SSSR count). The van der Waals surface area contributed by atoms with Crippen molar-refractivity contribution in [2.45, 2.75) is 39.2 Å². The van der Waals surface area contributed by atoms with E-state index in [1.54, 1.807) is 22.2 Å². The lowest BCUT2D eigenvalue weighted by Crippen LogP contribution is -2.11. The molecular formula is C18H19N7O3S. The Balaban J connectivity index is 1.55. The van der Waals surface area contributed by atoms with Crippen molar-refractivity contribution in [2.75, 3.05) is 7.11 Å². The first kappa shape index (κ1) is 18.0. The number of methoxy groups -OCH3 is 1. The van der Waals surface area contributed by atoms with Crippen LogP contribution in [0, 0.1) is 16.0 Å². The van der Waals surface area contributed by atoms with Crippen LogP contribution in [0.3, 0.4) is 0 Å². The number of hydrogen-bond donors (Lipinski definition) is 0. The van der Waals surface area contributed by atoms with E-state index in [9.17, 15) is 10.1 Å². The zero-order valence-corrected chi connectivity index (χ0v) is 16.8. The third-order valence-electron chi connectivity index (χ3n) is 5.51. The number of nitrogens with zero attached hydrogens (tertiary/aromatic N) is 7. The van der Waals surface area contributed by atoms with Gasteiger partial charge in [0.2, 0.25) is 0 Å². The smallest absolute Gasteiger partial charge is 0.350 e. The minimum atomic E-state index is -0.520. The molecule has 4 aromatic rings. The molecule has 150 valence electrons. The molecule has 1 atom stereocenters. The van der Waals surface area contributed by atoms with Crippen LogP contribution in [0.5, 0.6) is 5.88 Å². The van der Waals surface area contributed by atoms with Crippen LogP contribution in [0.4, 0.5) is 5.69 Å². The van der Waals surface area contributed by atoms with E-state index in [-0.39, 0.29) is 18.1 Å². The first-order chi connectivity index (χ1) is 14.1. The molecule has 0 saturated heterocycles. The summed E-state index contributed by atoms with van der Waals surface area (Å²) in [5.74, 6) is 1.23. The van der Waals surface area contributed by atoms with E-state index >= 15 is 0 Å². The van der Waals surface area contributed by atoms with Gasteiger partial charge >= 0.3 is 11.6 Å². The van der Waals surface area contributed by atoms with E-state index in [2.05, 4.69) is 22.1 Å². The van der Waals surface area contributed by atoms with Gasteiger partial charge in [0.1, 0.15) is 23.9 Å². The average Bonchev–Trinajstić information content (AvgIpc) is 3.40. The normalized spacial score (nSPS) is 16.4. The monoisotopic (exact) mass is 413 g/mol. The maximum Gasteiger partial charge on any atom is 0.350 e. The molecule has 0 radical (unpaired) electrons. The Bertz CT molecular complexity index is 1240. The number of aryl methyl sites for hydroxylation is 1. The SMILES string of the molecule is CC[C@@H]1CCc2c(sc3ncn4nc(Cn5cc([N+](=O)[O-])c(OC)n5)nc4c23)C1. The van der Waals surface area contributed by atoms with E-state index in [0.717, 1.165) is 34.6 Å². The van der Waals surface area contributed by atoms with Crippen LogP contribution in [-0.2, 0) is 19.4 Å². The van der Waals surface area contributed by atoms with Crippen molar-refractivity contribution in [3.63, 3.8) is 0 Å². The van der Waals surface area contributed by atoms with Crippen LogP contribution in [0.2, 0.25) is 0 Å². The second kappa shape index (κ2) is 6.76. The summed E-state index contributed by atoms with van der Waals surface area (Å²) in [5.41, 5.74) is 1.95. The predicted molar refractivity (Wildman–Crippen MR) is 107 cm³/mol. The quantitative estimate of drug-likeness (QED) is 0.365. The molecule has 1 aliphatic carbocycles. The van der Waals surface area contributed by atoms with Gasteiger partial charge < -0.3 is 4.74 Å². The van der Waals surface area contributed by atoms with Crippen LogP contribution < -0.4 is 4.74 Å². The highest BCUT2D eigenvalue weighted by molar-refractivity contribution is 7.19. The highest BCUT2D eigenvalue weighted by Gasteiger charge is 2.25. The minimum Gasteiger partial charge on any atom is -0.475 e. The molecule has 0 N–H and O–H groups in total. The molecule has 4 heterocycles. The highest BCUT2D eigenvalue weighted by Crippen LogP contribution is 2.39. The lowest BCUT2D eigenvalue weighted by Gasteiger charge is -2.20. The maximum atomic E-state index is 11.1. The van der Waals surface area contributed by atoms with Gasteiger partial charge in [0.05, 0.1) is 17.4 Å². The van der Waals surface area contributed by atoms with E-state index in [1.807, 2.05) is 0 Å². The lowest BCUT2D eigenvalue weighted by atomic mass is 9.86. The number of nitro groups is 1. The number of rotatable bonds is 5. The summed E-state index contributed by atoms with van der Waals surface area (Å²) in [7, 11) is 1.36. The maximum absolute atomic E-state index is 11.1. The van der Waals surface area contributed by atoms with Crippen molar-refractivity contribution in [2.24, 2.45) is 5.92 Å². The first-order valence-corrected chi connectivity index (χ1v) is 10.3. The van der Waals surface area contributed by atoms with E-state index in [1.165, 1.54) is 41.3 Å². The molecule has 0 saturated carbocycles. The van der Waals surface area contributed by atoms with Crippen molar-refractivity contribution >= 4 is 32.9 Å². The molecular weight excluding hydrogens is 394 g/mol. The fourth-order valence-electron chi connectivity index (χ4n) is 3.99. The number of hydrogen-bond acceptors (Lipinski definition) is 8. The average molecular weight is 413 g/mol. The Labute approximate surface area is 169 Å². The van der Waals surface area contributed by atoms with Gasteiger partial charge in [-0.25, -0.2) is 14.5 Å². The van der Waals surface area contributed by atoms with Gasteiger partial charge in [0, 0.05) is 4.88 Å². The van der Waals surface area contributed by atoms with Gasteiger partial charge in [-0.15, -0.1) is 21.5 Å². The van der Waals surface area contributed by atoms with Crippen LogP contribution in [0.1, 0.15) is 36.0 Å². The molecule has 1 aliphatic rings. The van der Waals surface area contributed by atoms with E-state index in [0.29, 0.717) is 5.82 Å². The third kappa shape index (κ3) is 2.92. The van der Waals surface area contributed by atoms with Crippen molar-refractivity contribution in [3.05, 3.63) is 38.9 Å². The summed E-state index contributed by atoms with van der Waals surface area (Å²) in [6.45, 7) is 2.45. The topological polar surface area (TPSA) is 113 Å². The second-order valence-corrected chi connectivity index (χ2v) is 8.30. The molecule has 0 bridgehead atoms. The Morgan fingerprint density at radius 1 is 1.41 bits per heavy atom. The van der Waals surface area contributed by atoms with Gasteiger partial charge in [-0.05, 0) is 30.7 Å². The zero-order chi connectivity index (χ0) is 20.1. The summed E-state index contributed by atoms with van der Waals surface area (Å²) < 4.78 is 8.09. The summed E-state index contributed by atoms with van der Waals surface area (Å²) in [6.07, 6.45) is 7.55. The van der Waals surface area contributed by atoms with Crippen LogP contribution in [-0.4, -0.2) is 41.4 Å². The van der Waals surface area contributed by atoms with Crippen LogP contribution >= 0.6 is 11.3 Å². The van der Waals surface area contributed by atoms with Gasteiger partial charge in [0.25, 0.3) is 0 Å². The second-order valence-electron chi connectivity index (χ2n) is 7.22. The predicted octanol–water partition coefficient (Wildman–Crippen LogP) is 3.02. The standard InChI is InChI=1S/C18H19N7O3S/c1-3-10-4-5-11-13(6-10)29-18-15(11)16-20-14(21-24(16)9-19-18)8-23-7-12(25(26)27)17(22-23)28-2/h7,9-10H,3-6,8H2,1-2H3/t10-/m1/s1. The van der Waals surface area contributed by atoms with Crippen LogP contribution in [0.25, 0.3) is 15.9 Å². The molecule has 0 aliphatic heterocycles. The fourth-order valence-corrected chi connectivity index (χ4v) is 5.29. The lowest BCUT2D eigenvalue weighted by molar-refractivity contribution is -0.385. The van der Waals surface area contributed by atoms with Gasteiger partial charge in [-0.3, -0.25) is 14.8 Å². The third-order valence-corrected chi connectivity index (χ3v) is 6.67. The van der Waals surface area contributed by atoms with Crippen LogP contribution in [0.15, 0.2) is 12.5 Å². The summed E-state index contributed by atoms with van der Waals surface area (Å²) in [4.78, 5) is 22.3. The van der Waals surface area contributed by atoms with Gasteiger partial charge in [-0.1, -0.05) is 13.3 Å². The van der Waals surface area contributed by atoms with Crippen molar-refractivity contribution < 1.29 is 9.66 Å². The van der Waals surface area contributed by atoms with Crippen molar-refractivity contribution in [1.82, 2.24) is 29.4 Å². The molecule has 11 heteroatoms. The zero-order valence-electron chi connectivity index (χ0n) is 16.0. The number of fused-ring (bicyclic) bond motifs is 5. The highest BCUT2D eigenvalue weighted by atomic mass is 32.1. The fraction of sp³-hybridized carbons (Fsp3) is 0.444. The molecule has 4 aromatic heterocycles. The summed E-state index contributed by atoms with van der Waals surface area (Å²) >= 11 is 1.76. The molecule has 0 unspecified atom stereocenters. The van der Waals surface area contributed by atoms with E-state index in [4.69, 9.17) is 9.72 Å². The summed E-state index contributed by atoms with van der Waals surface area (Å²) in [5, 5.41) is 20.8. The Morgan fingerprint density at radius 2 is 2.28 bits per heavy atom. The largest absolute Gasteiger partial charge is 0.475 e. The first-order valence-electron chi connectivity index (χ1n) is 9.47. The number of ether oxygens (including phenoxy) is 1. The summed E-state index contributed by atoms with van der Waals surface area (Å²) in [6, 6.07) is 0. The minimum absolute atomic E-state index is 0.0276. The molecule has 0 amide bonds. The Hall–Kier alpha value is -3.08. The molecule has 29 heavy (non-hydrogen) atoms. The molecule has 10 nitrogen and oxygen atoms in total. The molecule has 0 spiro atoms. The Morgan fingerprint density at radius 3 is 3.00 bits per heavy atom. The molecule has 0 aromatic carbocycles. The van der Waals surface area contributed by atoms with Crippen molar-refractivity contribution in [1.29, 1.82) is 0 Å².